The highest BCUT2D eigenvalue weighted by Gasteiger charge is 2.36. The second kappa shape index (κ2) is 5.94. The lowest BCUT2D eigenvalue weighted by Gasteiger charge is -2.31. The summed E-state index contributed by atoms with van der Waals surface area (Å²) in [5.41, 5.74) is 4.43. The topological polar surface area (TPSA) is 64.7 Å². The summed E-state index contributed by atoms with van der Waals surface area (Å²) in [6.07, 6.45) is 0.949. The Hall–Kier alpha value is -2.34. The number of rotatable bonds is 2. The number of piperazine rings is 1. The number of anilines is 1. The first-order valence-corrected chi connectivity index (χ1v) is 8.52. The van der Waals surface area contributed by atoms with Crippen LogP contribution in [0, 0.1) is 0 Å². The molecule has 24 heavy (non-hydrogen) atoms. The van der Waals surface area contributed by atoms with Gasteiger partial charge in [0.1, 0.15) is 6.04 Å². The third-order valence-corrected chi connectivity index (χ3v) is 5.16. The Balaban J connectivity index is 1.55. The molecule has 0 bridgehead atoms. The molecule has 2 amide bonds. The fourth-order valence-corrected chi connectivity index (χ4v) is 3.82. The Morgan fingerprint density at radius 2 is 1.96 bits per heavy atom. The molecule has 6 heteroatoms. The van der Waals surface area contributed by atoms with Crippen LogP contribution < -0.4 is 15.5 Å². The monoisotopic (exact) mass is 326 g/mol. The lowest BCUT2D eigenvalue weighted by Crippen LogP contribution is -2.50. The molecule has 1 atom stereocenters. The Bertz CT molecular complexity index is 709. The number of carbonyl (C=O) groups is 2. The van der Waals surface area contributed by atoms with E-state index in [-0.39, 0.29) is 17.9 Å². The van der Waals surface area contributed by atoms with E-state index in [1.807, 2.05) is 4.90 Å². The fraction of sp³-hybridized carbons (Fsp3) is 0.444. The Morgan fingerprint density at radius 3 is 2.71 bits per heavy atom. The SMILES string of the molecule is C=C1c2ccc(N3CCNCC3)cc2CN1C1CCC(=O)NC1=O. The summed E-state index contributed by atoms with van der Waals surface area (Å²) in [5.74, 6) is -0.387. The number of hydrogen-bond donors (Lipinski definition) is 2. The van der Waals surface area contributed by atoms with E-state index in [2.05, 4.69) is 40.3 Å². The fourth-order valence-electron chi connectivity index (χ4n) is 3.82. The predicted molar refractivity (Wildman–Crippen MR) is 92.3 cm³/mol. The molecular weight excluding hydrogens is 304 g/mol. The summed E-state index contributed by atoms with van der Waals surface area (Å²) in [5, 5.41) is 5.81. The molecule has 3 heterocycles. The molecule has 0 aliphatic carbocycles. The van der Waals surface area contributed by atoms with Gasteiger partial charge in [-0.2, -0.15) is 0 Å². The van der Waals surface area contributed by atoms with Crippen LogP contribution in [0.1, 0.15) is 24.0 Å². The van der Waals surface area contributed by atoms with E-state index < -0.39 is 0 Å². The molecule has 126 valence electrons. The summed E-state index contributed by atoms with van der Waals surface area (Å²) >= 11 is 0. The lowest BCUT2D eigenvalue weighted by molar-refractivity contribution is -0.136. The number of amides is 2. The standard InChI is InChI=1S/C18H22N4O2/c1-12-15-3-2-14(21-8-6-19-7-9-21)10-13(15)11-22(12)16-4-5-17(23)20-18(16)24/h2-3,10,16,19H,1,4-9,11H2,(H,20,23,24). The van der Waals surface area contributed by atoms with Crippen LogP contribution in [0.4, 0.5) is 5.69 Å². The van der Waals surface area contributed by atoms with Crippen molar-refractivity contribution >= 4 is 23.2 Å². The first-order valence-electron chi connectivity index (χ1n) is 8.52. The van der Waals surface area contributed by atoms with Crippen molar-refractivity contribution in [2.45, 2.75) is 25.4 Å². The molecule has 1 aromatic rings. The van der Waals surface area contributed by atoms with E-state index >= 15 is 0 Å². The molecule has 1 aromatic carbocycles. The van der Waals surface area contributed by atoms with Crippen LogP contribution in [0.15, 0.2) is 24.8 Å². The van der Waals surface area contributed by atoms with Crippen molar-refractivity contribution in [3.8, 4) is 0 Å². The number of nitrogens with zero attached hydrogens (tertiary/aromatic N) is 2. The van der Waals surface area contributed by atoms with Crippen molar-refractivity contribution < 1.29 is 9.59 Å². The number of fused-ring (bicyclic) bond motifs is 1. The summed E-state index contributed by atoms with van der Waals surface area (Å²) in [4.78, 5) is 28.0. The maximum atomic E-state index is 12.2. The van der Waals surface area contributed by atoms with Gasteiger partial charge in [-0.1, -0.05) is 12.6 Å². The van der Waals surface area contributed by atoms with Gasteiger partial charge >= 0.3 is 0 Å². The van der Waals surface area contributed by atoms with Crippen LogP contribution >= 0.6 is 0 Å². The molecule has 2 N–H and O–H groups in total. The third kappa shape index (κ3) is 2.57. The number of carbonyl (C=O) groups excluding carboxylic acids is 2. The zero-order valence-corrected chi connectivity index (χ0v) is 13.7. The second-order valence-corrected chi connectivity index (χ2v) is 6.62. The molecule has 0 radical (unpaired) electrons. The number of hydrogen-bond acceptors (Lipinski definition) is 5. The second-order valence-electron chi connectivity index (χ2n) is 6.62. The molecule has 0 aromatic heterocycles. The molecule has 6 nitrogen and oxygen atoms in total. The van der Waals surface area contributed by atoms with E-state index in [9.17, 15) is 9.59 Å². The average Bonchev–Trinajstić information content (AvgIpc) is 2.92. The van der Waals surface area contributed by atoms with Gasteiger partial charge in [0.2, 0.25) is 11.8 Å². The van der Waals surface area contributed by atoms with Crippen LogP contribution in [0.3, 0.4) is 0 Å². The first kappa shape index (κ1) is 15.2. The summed E-state index contributed by atoms with van der Waals surface area (Å²) in [7, 11) is 0. The average molecular weight is 326 g/mol. The van der Waals surface area contributed by atoms with Crippen molar-refractivity contribution in [3.05, 3.63) is 35.9 Å². The van der Waals surface area contributed by atoms with Crippen molar-refractivity contribution in [2.24, 2.45) is 0 Å². The van der Waals surface area contributed by atoms with Gasteiger partial charge < -0.3 is 15.1 Å². The molecule has 0 spiro atoms. The quantitative estimate of drug-likeness (QED) is 0.783. The minimum absolute atomic E-state index is 0.181. The Kier molecular flexibility index (Phi) is 3.76. The summed E-state index contributed by atoms with van der Waals surface area (Å²) < 4.78 is 0. The molecule has 4 rings (SSSR count). The van der Waals surface area contributed by atoms with Crippen LogP contribution in [-0.2, 0) is 16.1 Å². The minimum atomic E-state index is -0.301. The molecule has 1 unspecified atom stereocenters. The van der Waals surface area contributed by atoms with Gasteiger partial charge in [0, 0.05) is 56.1 Å². The lowest BCUT2D eigenvalue weighted by atomic mass is 10.0. The van der Waals surface area contributed by atoms with E-state index in [0.717, 1.165) is 37.4 Å². The van der Waals surface area contributed by atoms with Gasteiger partial charge in [-0.25, -0.2) is 0 Å². The van der Waals surface area contributed by atoms with Gasteiger partial charge in [-0.3, -0.25) is 14.9 Å². The Morgan fingerprint density at radius 1 is 1.17 bits per heavy atom. The minimum Gasteiger partial charge on any atom is -0.369 e. The number of imide groups is 1. The third-order valence-electron chi connectivity index (χ3n) is 5.16. The molecule has 0 saturated carbocycles. The van der Waals surface area contributed by atoms with E-state index in [0.29, 0.717) is 19.4 Å². The van der Waals surface area contributed by atoms with Gasteiger partial charge in [-0.05, 0) is 24.1 Å². The highest BCUT2D eigenvalue weighted by Crippen LogP contribution is 2.36. The molecule has 2 saturated heterocycles. The van der Waals surface area contributed by atoms with Crippen LogP contribution in [-0.4, -0.2) is 48.9 Å². The molecular formula is C18H22N4O2. The Labute approximate surface area is 141 Å². The van der Waals surface area contributed by atoms with Gasteiger partial charge in [0.15, 0.2) is 0 Å². The smallest absolute Gasteiger partial charge is 0.249 e. The predicted octanol–water partition coefficient (Wildman–Crippen LogP) is 0.688. The number of nitrogens with one attached hydrogen (secondary N) is 2. The van der Waals surface area contributed by atoms with Crippen molar-refractivity contribution in [3.63, 3.8) is 0 Å². The van der Waals surface area contributed by atoms with E-state index in [4.69, 9.17) is 0 Å². The van der Waals surface area contributed by atoms with Crippen molar-refractivity contribution in [2.75, 3.05) is 31.1 Å². The van der Waals surface area contributed by atoms with Gasteiger partial charge in [0.05, 0.1) is 0 Å². The van der Waals surface area contributed by atoms with Crippen LogP contribution in [0.25, 0.3) is 5.70 Å². The number of piperidine rings is 1. The largest absolute Gasteiger partial charge is 0.369 e. The van der Waals surface area contributed by atoms with Crippen molar-refractivity contribution in [1.29, 1.82) is 0 Å². The number of benzene rings is 1. The molecule has 3 aliphatic rings. The highest BCUT2D eigenvalue weighted by atomic mass is 16.2. The zero-order chi connectivity index (χ0) is 16.7. The molecule has 3 aliphatic heterocycles. The zero-order valence-electron chi connectivity index (χ0n) is 13.7. The van der Waals surface area contributed by atoms with E-state index in [1.54, 1.807) is 0 Å². The van der Waals surface area contributed by atoms with Gasteiger partial charge in [0.25, 0.3) is 0 Å². The maximum Gasteiger partial charge on any atom is 0.249 e. The highest BCUT2D eigenvalue weighted by molar-refractivity contribution is 6.01. The normalized spacial score (nSPS) is 24.2. The van der Waals surface area contributed by atoms with Gasteiger partial charge in [-0.15, -0.1) is 0 Å². The van der Waals surface area contributed by atoms with Crippen LogP contribution in [0.2, 0.25) is 0 Å². The van der Waals surface area contributed by atoms with Crippen LogP contribution in [0.5, 0.6) is 0 Å². The molecule has 2 fully saturated rings. The van der Waals surface area contributed by atoms with Crippen molar-refractivity contribution in [1.82, 2.24) is 15.5 Å². The summed E-state index contributed by atoms with van der Waals surface area (Å²) in [6, 6.07) is 6.17. The maximum absolute atomic E-state index is 12.2. The van der Waals surface area contributed by atoms with E-state index in [1.165, 1.54) is 11.3 Å². The first-order chi connectivity index (χ1) is 11.6. The summed E-state index contributed by atoms with van der Waals surface area (Å²) in [6.45, 7) is 8.90.